The van der Waals surface area contributed by atoms with Crippen LogP contribution in [0.3, 0.4) is 0 Å². The van der Waals surface area contributed by atoms with E-state index in [2.05, 4.69) is 56.1 Å². The lowest BCUT2D eigenvalue weighted by Gasteiger charge is -2.39. The summed E-state index contributed by atoms with van der Waals surface area (Å²) in [5.74, 6) is 0. The van der Waals surface area contributed by atoms with E-state index >= 15 is 0 Å². The fourth-order valence-electron chi connectivity index (χ4n) is 2.75. The minimum atomic E-state index is 0.139. The van der Waals surface area contributed by atoms with E-state index in [1.54, 1.807) is 0 Å². The molecule has 118 valence electrons. The Hall–Kier alpha value is -1.06. The van der Waals surface area contributed by atoms with Gasteiger partial charge >= 0.3 is 0 Å². The van der Waals surface area contributed by atoms with Crippen molar-refractivity contribution in [2.45, 2.75) is 65.1 Å². The van der Waals surface area contributed by atoms with Crippen molar-refractivity contribution in [2.75, 3.05) is 18.1 Å². The van der Waals surface area contributed by atoms with Crippen LogP contribution in [0.5, 0.6) is 0 Å². The minimum absolute atomic E-state index is 0.139. The highest BCUT2D eigenvalue weighted by molar-refractivity contribution is 5.52. The summed E-state index contributed by atoms with van der Waals surface area (Å²) < 4.78 is 0. The first-order chi connectivity index (χ1) is 9.90. The van der Waals surface area contributed by atoms with Crippen LogP contribution in [0.15, 0.2) is 18.2 Å². The number of nitrogens with one attached hydrogen (secondary N) is 1. The summed E-state index contributed by atoms with van der Waals surface area (Å²) in [4.78, 5) is 2.37. The largest absolute Gasteiger partial charge is 0.395 e. The maximum Gasteiger partial charge on any atom is 0.0606 e. The molecule has 0 atom stereocenters. The number of aryl methyl sites for hydroxylation is 1. The molecule has 2 N–H and O–H groups in total. The summed E-state index contributed by atoms with van der Waals surface area (Å²) in [5, 5.41) is 12.9. The Kier molecular flexibility index (Phi) is 5.28. The first-order valence-corrected chi connectivity index (χ1v) is 8.13. The van der Waals surface area contributed by atoms with Crippen molar-refractivity contribution in [3.63, 3.8) is 0 Å². The fraction of sp³-hybridized carbons (Fsp3) is 0.667. The third-order valence-corrected chi connectivity index (χ3v) is 4.32. The lowest BCUT2D eigenvalue weighted by Crippen LogP contribution is -2.42. The van der Waals surface area contributed by atoms with Crippen molar-refractivity contribution < 1.29 is 5.11 Å². The number of aliphatic hydroxyl groups is 1. The SMILES string of the molecule is Cc1cc(N(CCO)C2CCC2)ccc1CNC(C)(C)C. The zero-order valence-electron chi connectivity index (χ0n) is 13.9. The molecule has 1 aromatic rings. The molecule has 0 unspecified atom stereocenters. The Bertz CT molecular complexity index is 461. The molecule has 0 spiro atoms. The maximum atomic E-state index is 9.31. The molecule has 0 aliphatic heterocycles. The zero-order chi connectivity index (χ0) is 15.5. The van der Waals surface area contributed by atoms with Crippen molar-refractivity contribution >= 4 is 5.69 Å². The molecule has 0 bridgehead atoms. The first-order valence-electron chi connectivity index (χ1n) is 8.13. The summed E-state index contributed by atoms with van der Waals surface area (Å²) in [6.07, 6.45) is 3.83. The molecule has 2 rings (SSSR count). The topological polar surface area (TPSA) is 35.5 Å². The molecule has 1 aliphatic carbocycles. The molecule has 0 amide bonds. The first kappa shape index (κ1) is 16.3. The number of anilines is 1. The van der Waals surface area contributed by atoms with Gasteiger partial charge in [0.2, 0.25) is 0 Å². The minimum Gasteiger partial charge on any atom is -0.395 e. The van der Waals surface area contributed by atoms with Gasteiger partial charge in [0.25, 0.3) is 0 Å². The third-order valence-electron chi connectivity index (χ3n) is 4.32. The summed E-state index contributed by atoms with van der Waals surface area (Å²) in [6.45, 7) is 10.6. The predicted molar refractivity (Wildman–Crippen MR) is 89.8 cm³/mol. The Labute approximate surface area is 129 Å². The predicted octanol–water partition coefficient (Wildman–Crippen LogP) is 3.23. The molecule has 1 aromatic carbocycles. The van der Waals surface area contributed by atoms with E-state index in [4.69, 9.17) is 0 Å². The quantitative estimate of drug-likeness (QED) is 0.844. The Balaban J connectivity index is 2.09. The van der Waals surface area contributed by atoms with Gasteiger partial charge in [-0.25, -0.2) is 0 Å². The summed E-state index contributed by atoms with van der Waals surface area (Å²) in [5.41, 5.74) is 4.07. The van der Waals surface area contributed by atoms with Crippen LogP contribution in [-0.4, -0.2) is 29.8 Å². The van der Waals surface area contributed by atoms with Gasteiger partial charge in [-0.05, 0) is 70.2 Å². The number of hydrogen-bond acceptors (Lipinski definition) is 3. The van der Waals surface area contributed by atoms with Crippen LogP contribution in [0.1, 0.15) is 51.2 Å². The fourth-order valence-corrected chi connectivity index (χ4v) is 2.75. The second-order valence-corrected chi connectivity index (χ2v) is 7.22. The average molecular weight is 290 g/mol. The summed E-state index contributed by atoms with van der Waals surface area (Å²) in [7, 11) is 0. The standard InChI is InChI=1S/C18H30N2O/c1-14-12-17(20(10-11-21)16-6-5-7-16)9-8-15(14)13-19-18(2,3)4/h8-9,12,16,19,21H,5-7,10-11,13H2,1-4H3. The van der Waals surface area contributed by atoms with Crippen LogP contribution in [0, 0.1) is 6.92 Å². The summed E-state index contributed by atoms with van der Waals surface area (Å²) in [6, 6.07) is 7.33. The molecule has 0 heterocycles. The van der Waals surface area contributed by atoms with Crippen LogP contribution in [0.2, 0.25) is 0 Å². The van der Waals surface area contributed by atoms with Gasteiger partial charge in [-0.3, -0.25) is 0 Å². The Morgan fingerprint density at radius 2 is 2.00 bits per heavy atom. The van der Waals surface area contributed by atoms with Gasteiger partial charge in [-0.15, -0.1) is 0 Å². The van der Waals surface area contributed by atoms with Crippen LogP contribution in [0.25, 0.3) is 0 Å². The number of rotatable bonds is 6. The zero-order valence-corrected chi connectivity index (χ0v) is 13.9. The van der Waals surface area contributed by atoms with Gasteiger partial charge in [0, 0.05) is 30.4 Å². The van der Waals surface area contributed by atoms with E-state index in [-0.39, 0.29) is 12.1 Å². The van der Waals surface area contributed by atoms with Gasteiger partial charge < -0.3 is 15.3 Å². The number of aliphatic hydroxyl groups excluding tert-OH is 1. The van der Waals surface area contributed by atoms with E-state index in [9.17, 15) is 5.11 Å². The van der Waals surface area contributed by atoms with E-state index in [1.165, 1.54) is 36.1 Å². The van der Waals surface area contributed by atoms with E-state index in [1.807, 2.05) is 0 Å². The monoisotopic (exact) mass is 290 g/mol. The smallest absolute Gasteiger partial charge is 0.0606 e. The van der Waals surface area contributed by atoms with Crippen LogP contribution in [-0.2, 0) is 6.54 Å². The second kappa shape index (κ2) is 6.80. The molecule has 1 aliphatic rings. The summed E-state index contributed by atoms with van der Waals surface area (Å²) >= 11 is 0. The third kappa shape index (κ3) is 4.45. The molecule has 3 heteroatoms. The molecule has 0 aromatic heterocycles. The van der Waals surface area contributed by atoms with Crippen molar-refractivity contribution in [2.24, 2.45) is 0 Å². The van der Waals surface area contributed by atoms with E-state index in [0.717, 1.165) is 13.1 Å². The van der Waals surface area contributed by atoms with Crippen LogP contribution >= 0.6 is 0 Å². The molecule has 3 nitrogen and oxygen atoms in total. The molecular formula is C18H30N2O. The Morgan fingerprint density at radius 1 is 1.29 bits per heavy atom. The van der Waals surface area contributed by atoms with Gasteiger partial charge in [0.1, 0.15) is 0 Å². The molecule has 0 radical (unpaired) electrons. The van der Waals surface area contributed by atoms with Crippen LogP contribution < -0.4 is 10.2 Å². The number of hydrogen-bond donors (Lipinski definition) is 2. The number of benzene rings is 1. The van der Waals surface area contributed by atoms with Gasteiger partial charge in [0.05, 0.1) is 6.61 Å². The van der Waals surface area contributed by atoms with E-state index < -0.39 is 0 Å². The van der Waals surface area contributed by atoms with Crippen molar-refractivity contribution in [1.29, 1.82) is 0 Å². The van der Waals surface area contributed by atoms with Crippen molar-refractivity contribution in [3.8, 4) is 0 Å². The molecule has 1 saturated carbocycles. The maximum absolute atomic E-state index is 9.31. The number of nitrogens with zero attached hydrogens (tertiary/aromatic N) is 1. The molecule has 21 heavy (non-hydrogen) atoms. The van der Waals surface area contributed by atoms with Gasteiger partial charge in [-0.2, -0.15) is 0 Å². The highest BCUT2D eigenvalue weighted by atomic mass is 16.3. The van der Waals surface area contributed by atoms with E-state index in [0.29, 0.717) is 6.04 Å². The van der Waals surface area contributed by atoms with Crippen LogP contribution in [0.4, 0.5) is 5.69 Å². The van der Waals surface area contributed by atoms with Crippen molar-refractivity contribution in [1.82, 2.24) is 5.32 Å². The Morgan fingerprint density at radius 3 is 2.48 bits per heavy atom. The van der Waals surface area contributed by atoms with Gasteiger partial charge in [-0.1, -0.05) is 6.07 Å². The highest BCUT2D eigenvalue weighted by Gasteiger charge is 2.25. The second-order valence-electron chi connectivity index (χ2n) is 7.22. The lowest BCUT2D eigenvalue weighted by molar-refractivity contribution is 0.283. The average Bonchev–Trinajstić information content (AvgIpc) is 2.33. The normalized spacial score (nSPS) is 15.9. The van der Waals surface area contributed by atoms with Crippen molar-refractivity contribution in [3.05, 3.63) is 29.3 Å². The highest BCUT2D eigenvalue weighted by Crippen LogP contribution is 2.30. The molecule has 1 fully saturated rings. The lowest BCUT2D eigenvalue weighted by atomic mass is 9.90. The van der Waals surface area contributed by atoms with Gasteiger partial charge in [0.15, 0.2) is 0 Å². The molecular weight excluding hydrogens is 260 g/mol. The molecule has 0 saturated heterocycles.